The number of nitrogens with zero attached hydrogens (tertiary/aromatic N) is 2. The largest absolute Gasteiger partial charge is 0.497 e. The molecule has 2 heterocycles. The maximum absolute atomic E-state index is 13.7. The van der Waals surface area contributed by atoms with Crippen molar-refractivity contribution in [2.75, 3.05) is 38.6 Å². The molecular weight excluding hydrogens is 591 g/mol. The van der Waals surface area contributed by atoms with Gasteiger partial charge < -0.3 is 19.5 Å². The molecule has 11 nitrogen and oxygen atoms in total. The van der Waals surface area contributed by atoms with Crippen molar-refractivity contribution in [2.45, 2.75) is 35.1 Å². The average Bonchev–Trinajstić information content (AvgIpc) is 3.51. The summed E-state index contributed by atoms with van der Waals surface area (Å²) in [6.45, 7) is 3.33. The van der Waals surface area contributed by atoms with E-state index in [1.54, 1.807) is 18.4 Å². The number of aliphatic hydroxyl groups excluding tert-OH is 1. The summed E-state index contributed by atoms with van der Waals surface area (Å²) in [5.74, 6) is -0.382. The van der Waals surface area contributed by atoms with Crippen molar-refractivity contribution in [3.63, 3.8) is 0 Å². The van der Waals surface area contributed by atoms with E-state index < -0.39 is 44.0 Å². The van der Waals surface area contributed by atoms with Crippen LogP contribution in [-0.2, 0) is 20.0 Å². The number of nitrogens with one attached hydrogen (secondary N) is 1. The highest BCUT2D eigenvalue weighted by molar-refractivity contribution is 7.92. The molecule has 0 saturated heterocycles. The fourth-order valence-corrected chi connectivity index (χ4v) is 7.86. The van der Waals surface area contributed by atoms with Gasteiger partial charge in [0.1, 0.15) is 16.1 Å². The molecule has 0 spiro atoms. The number of thiophene rings is 1. The third-order valence-corrected chi connectivity index (χ3v) is 11.5. The van der Waals surface area contributed by atoms with Crippen molar-refractivity contribution in [1.29, 1.82) is 0 Å². The molecule has 0 radical (unpaired) electrons. The molecule has 41 heavy (non-hydrogen) atoms. The molecule has 1 amide bonds. The van der Waals surface area contributed by atoms with E-state index in [0.29, 0.717) is 5.75 Å². The van der Waals surface area contributed by atoms with E-state index in [9.17, 15) is 26.7 Å². The highest BCUT2D eigenvalue weighted by Gasteiger charge is 2.36. The predicted molar refractivity (Wildman–Crippen MR) is 156 cm³/mol. The lowest BCUT2D eigenvalue weighted by atomic mass is 9.99. The van der Waals surface area contributed by atoms with Crippen molar-refractivity contribution in [3.05, 3.63) is 65.5 Å². The molecular formula is C27H33N3O8S3. The number of rotatable bonds is 10. The third-order valence-electron chi connectivity index (χ3n) is 6.90. The average molecular weight is 624 g/mol. The van der Waals surface area contributed by atoms with Crippen LogP contribution in [-0.4, -0.2) is 83.1 Å². The smallest absolute Gasteiger partial charge is 0.262 e. The van der Waals surface area contributed by atoms with Gasteiger partial charge in [-0.05, 0) is 54.8 Å². The Labute approximate surface area is 244 Å². The third kappa shape index (κ3) is 6.51. The van der Waals surface area contributed by atoms with Crippen LogP contribution in [0.2, 0.25) is 0 Å². The minimum Gasteiger partial charge on any atom is -0.497 e. The fourth-order valence-electron chi connectivity index (χ4n) is 4.42. The van der Waals surface area contributed by atoms with Gasteiger partial charge in [-0.15, -0.1) is 11.3 Å². The van der Waals surface area contributed by atoms with Gasteiger partial charge in [-0.25, -0.2) is 16.8 Å². The van der Waals surface area contributed by atoms with Gasteiger partial charge in [0, 0.05) is 19.5 Å². The van der Waals surface area contributed by atoms with Crippen LogP contribution in [0.25, 0.3) is 0 Å². The van der Waals surface area contributed by atoms with Crippen molar-refractivity contribution in [2.24, 2.45) is 5.92 Å². The van der Waals surface area contributed by atoms with Crippen LogP contribution in [0.1, 0.15) is 24.2 Å². The van der Waals surface area contributed by atoms with E-state index in [-0.39, 0.29) is 45.8 Å². The standard InChI is InChI=1S/C27H33N3O8S3/c1-18-15-30(19(2)17-31)27(32)22-7-5-8-23(28-40(33,34)21-12-10-20(37-4)11-13-21)26(22)38-24(18)16-29(3)41(35,36)25-9-6-14-39-25/h5-14,18-19,24,28,31H,15-17H2,1-4H3/t18-,19+,24+/m1/s1. The Morgan fingerprint density at radius 3 is 2.46 bits per heavy atom. The topological polar surface area (TPSA) is 143 Å². The first-order valence-electron chi connectivity index (χ1n) is 12.8. The van der Waals surface area contributed by atoms with Gasteiger partial charge >= 0.3 is 0 Å². The highest BCUT2D eigenvalue weighted by atomic mass is 32.2. The normalized spacial score (nSPS) is 18.7. The van der Waals surface area contributed by atoms with Crippen LogP contribution in [0.5, 0.6) is 11.5 Å². The van der Waals surface area contributed by atoms with Crippen molar-refractivity contribution in [3.8, 4) is 11.5 Å². The van der Waals surface area contributed by atoms with Crippen molar-refractivity contribution < 1.29 is 36.2 Å². The molecule has 0 unspecified atom stereocenters. The number of ether oxygens (including phenoxy) is 2. The van der Waals surface area contributed by atoms with Gasteiger partial charge in [0.05, 0.1) is 42.4 Å². The van der Waals surface area contributed by atoms with Gasteiger partial charge in [0.25, 0.3) is 26.0 Å². The van der Waals surface area contributed by atoms with Crippen molar-refractivity contribution in [1.82, 2.24) is 9.21 Å². The van der Waals surface area contributed by atoms with Gasteiger partial charge in [0.2, 0.25) is 0 Å². The van der Waals surface area contributed by atoms with Gasteiger partial charge in [0.15, 0.2) is 5.75 Å². The van der Waals surface area contributed by atoms with Crippen LogP contribution >= 0.6 is 11.3 Å². The Kier molecular flexibility index (Phi) is 9.29. The number of benzene rings is 2. The van der Waals surface area contributed by atoms with Crippen LogP contribution in [0, 0.1) is 5.92 Å². The van der Waals surface area contributed by atoms with Gasteiger partial charge in [-0.2, -0.15) is 4.31 Å². The summed E-state index contributed by atoms with van der Waals surface area (Å²) in [7, 11) is -5.00. The Balaban J connectivity index is 1.76. The lowest BCUT2D eigenvalue weighted by Gasteiger charge is -2.38. The molecule has 14 heteroatoms. The predicted octanol–water partition coefficient (Wildman–Crippen LogP) is 3.10. The van der Waals surface area contributed by atoms with Crippen molar-refractivity contribution >= 4 is 43.0 Å². The first kappa shape index (κ1) is 30.8. The summed E-state index contributed by atoms with van der Waals surface area (Å²) in [5, 5.41) is 11.6. The van der Waals surface area contributed by atoms with Crippen LogP contribution in [0.3, 0.4) is 0 Å². The van der Waals surface area contributed by atoms with Crippen LogP contribution < -0.4 is 14.2 Å². The van der Waals surface area contributed by atoms with Crippen LogP contribution in [0.15, 0.2) is 69.1 Å². The van der Waals surface area contributed by atoms with E-state index in [4.69, 9.17) is 9.47 Å². The molecule has 4 rings (SSSR count). The van der Waals surface area contributed by atoms with E-state index in [1.807, 2.05) is 6.92 Å². The summed E-state index contributed by atoms with van der Waals surface area (Å²) in [6.07, 6.45) is -0.776. The molecule has 1 aliphatic heterocycles. The number of carbonyl (C=O) groups excluding carboxylic acids is 1. The first-order valence-corrected chi connectivity index (χ1v) is 16.6. The molecule has 2 N–H and O–H groups in total. The Morgan fingerprint density at radius 1 is 1.15 bits per heavy atom. The maximum Gasteiger partial charge on any atom is 0.262 e. The van der Waals surface area contributed by atoms with E-state index in [0.717, 1.165) is 11.3 Å². The number of fused-ring (bicyclic) bond motifs is 1. The molecule has 0 aliphatic carbocycles. The molecule has 1 aliphatic rings. The molecule has 0 fully saturated rings. The zero-order valence-corrected chi connectivity index (χ0v) is 25.5. The maximum atomic E-state index is 13.7. The number of sulfonamides is 2. The number of hydrogen-bond donors (Lipinski definition) is 2. The number of para-hydroxylation sites is 1. The zero-order valence-electron chi connectivity index (χ0n) is 23.1. The second kappa shape index (κ2) is 12.4. The van der Waals surface area contributed by atoms with Crippen LogP contribution in [0.4, 0.5) is 5.69 Å². The second-order valence-corrected chi connectivity index (χ2v) is 14.7. The fraction of sp³-hybridized carbons (Fsp3) is 0.370. The minimum atomic E-state index is -4.11. The molecule has 0 bridgehead atoms. The van der Waals surface area contributed by atoms with E-state index >= 15 is 0 Å². The lowest BCUT2D eigenvalue weighted by Crippen LogP contribution is -2.50. The summed E-state index contributed by atoms with van der Waals surface area (Å²) in [5.41, 5.74) is 0.104. The number of amides is 1. The number of methoxy groups -OCH3 is 1. The summed E-state index contributed by atoms with van der Waals surface area (Å²) in [4.78, 5) is 15.1. The summed E-state index contributed by atoms with van der Waals surface area (Å²) >= 11 is 1.10. The highest BCUT2D eigenvalue weighted by Crippen LogP contribution is 2.36. The molecule has 3 atom stereocenters. The minimum absolute atomic E-state index is 0.0196. The lowest BCUT2D eigenvalue weighted by molar-refractivity contribution is 0.0389. The Bertz CT molecular complexity index is 1580. The Hall–Kier alpha value is -3.17. The van der Waals surface area contributed by atoms with E-state index in [1.165, 1.54) is 71.9 Å². The monoisotopic (exact) mass is 623 g/mol. The number of carbonyl (C=O) groups is 1. The molecule has 0 saturated carbocycles. The quantitative estimate of drug-likeness (QED) is 0.351. The summed E-state index contributed by atoms with van der Waals surface area (Å²) < 4.78 is 68.3. The first-order chi connectivity index (χ1) is 19.4. The number of hydrogen-bond acceptors (Lipinski definition) is 9. The SMILES string of the molecule is COc1ccc(S(=O)(=O)Nc2cccc3c2O[C@@H](CN(C)S(=O)(=O)c2cccs2)[C@H](C)CN([C@@H](C)CO)C3=O)cc1. The zero-order chi connectivity index (χ0) is 29.9. The number of likely N-dealkylation sites (N-methyl/N-ethyl adjacent to an activating group) is 1. The Morgan fingerprint density at radius 2 is 1.85 bits per heavy atom. The molecule has 2 aromatic carbocycles. The molecule has 1 aromatic heterocycles. The number of anilines is 1. The second-order valence-electron chi connectivity index (χ2n) is 9.80. The van der Waals surface area contributed by atoms with E-state index in [2.05, 4.69) is 4.72 Å². The number of aliphatic hydroxyl groups is 1. The van der Waals surface area contributed by atoms with Gasteiger partial charge in [-0.3, -0.25) is 9.52 Å². The van der Waals surface area contributed by atoms with Gasteiger partial charge in [-0.1, -0.05) is 19.1 Å². The molecule has 222 valence electrons. The summed E-state index contributed by atoms with van der Waals surface area (Å²) in [6, 6.07) is 12.9. The molecule has 3 aromatic rings.